The summed E-state index contributed by atoms with van der Waals surface area (Å²) in [5.41, 5.74) is 1.83. The SMILES string of the molecule is CCNC(=NCc1cccc(S(N)(=O)=O)c1)NCc1ccccc1OCC1CC1. The molecular formula is C21H28N4O3S. The van der Waals surface area contributed by atoms with Gasteiger partial charge in [-0.25, -0.2) is 18.5 Å². The van der Waals surface area contributed by atoms with E-state index in [9.17, 15) is 8.42 Å². The van der Waals surface area contributed by atoms with Crippen LogP contribution in [0.15, 0.2) is 58.4 Å². The van der Waals surface area contributed by atoms with Gasteiger partial charge in [0, 0.05) is 18.7 Å². The van der Waals surface area contributed by atoms with Crippen LogP contribution >= 0.6 is 0 Å². The third-order valence-corrected chi connectivity index (χ3v) is 5.49. The quantitative estimate of drug-likeness (QED) is 0.430. The maximum absolute atomic E-state index is 11.5. The van der Waals surface area contributed by atoms with E-state index in [4.69, 9.17) is 9.88 Å². The number of sulfonamides is 1. The smallest absolute Gasteiger partial charge is 0.238 e. The van der Waals surface area contributed by atoms with Crippen molar-refractivity contribution in [3.05, 3.63) is 59.7 Å². The van der Waals surface area contributed by atoms with Crippen molar-refractivity contribution in [2.24, 2.45) is 16.0 Å². The van der Waals surface area contributed by atoms with Gasteiger partial charge in [-0.1, -0.05) is 30.3 Å². The molecule has 1 aliphatic carbocycles. The minimum atomic E-state index is -3.73. The molecule has 0 amide bonds. The molecule has 0 aromatic heterocycles. The van der Waals surface area contributed by atoms with Gasteiger partial charge in [0.25, 0.3) is 0 Å². The lowest BCUT2D eigenvalue weighted by Gasteiger charge is -2.14. The molecule has 2 aromatic carbocycles. The van der Waals surface area contributed by atoms with Crippen LogP contribution in [0.2, 0.25) is 0 Å². The number of benzene rings is 2. The topological polar surface area (TPSA) is 106 Å². The first-order chi connectivity index (χ1) is 14.0. The summed E-state index contributed by atoms with van der Waals surface area (Å²) in [5.74, 6) is 2.23. The summed E-state index contributed by atoms with van der Waals surface area (Å²) in [5, 5.41) is 11.7. The molecule has 1 aliphatic rings. The normalized spacial score (nSPS) is 14.5. The van der Waals surface area contributed by atoms with Gasteiger partial charge in [-0.15, -0.1) is 0 Å². The largest absolute Gasteiger partial charge is 0.493 e. The molecule has 0 aliphatic heterocycles. The summed E-state index contributed by atoms with van der Waals surface area (Å²) in [7, 11) is -3.73. The van der Waals surface area contributed by atoms with Gasteiger partial charge in [0.15, 0.2) is 5.96 Å². The van der Waals surface area contributed by atoms with E-state index in [1.807, 2.05) is 37.3 Å². The summed E-state index contributed by atoms with van der Waals surface area (Å²) in [4.78, 5) is 4.64. The van der Waals surface area contributed by atoms with Crippen molar-refractivity contribution in [1.82, 2.24) is 10.6 Å². The van der Waals surface area contributed by atoms with E-state index >= 15 is 0 Å². The number of guanidine groups is 1. The predicted octanol–water partition coefficient (Wildman–Crippen LogP) is 2.38. The molecule has 0 bridgehead atoms. The number of aliphatic imine (C=N–C) groups is 1. The summed E-state index contributed by atoms with van der Waals surface area (Å²) in [6.45, 7) is 4.38. The van der Waals surface area contributed by atoms with E-state index in [2.05, 4.69) is 15.6 Å². The first kappa shape index (κ1) is 21.1. The lowest BCUT2D eigenvalue weighted by atomic mass is 10.2. The number of hydrogen-bond donors (Lipinski definition) is 3. The van der Waals surface area contributed by atoms with E-state index in [0.717, 1.165) is 23.5 Å². The predicted molar refractivity (Wildman–Crippen MR) is 114 cm³/mol. The molecule has 0 spiro atoms. The summed E-state index contributed by atoms with van der Waals surface area (Å²) in [6, 6.07) is 14.5. The minimum Gasteiger partial charge on any atom is -0.493 e. The summed E-state index contributed by atoms with van der Waals surface area (Å²) >= 11 is 0. The molecule has 3 rings (SSSR count). The minimum absolute atomic E-state index is 0.0879. The van der Waals surface area contributed by atoms with E-state index in [0.29, 0.717) is 31.5 Å². The van der Waals surface area contributed by atoms with Gasteiger partial charge >= 0.3 is 0 Å². The Morgan fingerprint density at radius 3 is 2.69 bits per heavy atom. The summed E-state index contributed by atoms with van der Waals surface area (Å²) in [6.07, 6.45) is 2.51. The Morgan fingerprint density at radius 2 is 1.97 bits per heavy atom. The van der Waals surface area contributed by atoms with Crippen molar-refractivity contribution in [3.63, 3.8) is 0 Å². The first-order valence-electron chi connectivity index (χ1n) is 9.80. The van der Waals surface area contributed by atoms with Crippen LogP contribution < -0.4 is 20.5 Å². The van der Waals surface area contributed by atoms with Crippen molar-refractivity contribution in [2.75, 3.05) is 13.2 Å². The maximum Gasteiger partial charge on any atom is 0.238 e. The van der Waals surface area contributed by atoms with E-state index in [-0.39, 0.29) is 4.90 Å². The van der Waals surface area contributed by atoms with Crippen LogP contribution in [0.3, 0.4) is 0 Å². The number of ether oxygens (including phenoxy) is 1. The van der Waals surface area contributed by atoms with Crippen LogP contribution in [-0.2, 0) is 23.1 Å². The number of rotatable bonds is 9. The molecule has 2 aromatic rings. The number of nitrogens with two attached hydrogens (primary N) is 1. The third-order valence-electron chi connectivity index (χ3n) is 4.58. The molecule has 8 heteroatoms. The Kier molecular flexibility index (Phi) is 7.11. The van der Waals surface area contributed by atoms with E-state index in [1.165, 1.54) is 18.9 Å². The lowest BCUT2D eigenvalue weighted by Crippen LogP contribution is -2.36. The van der Waals surface area contributed by atoms with Gasteiger partial charge in [-0.05, 0) is 49.4 Å². The highest BCUT2D eigenvalue weighted by atomic mass is 32.2. The molecule has 0 unspecified atom stereocenters. The number of hydrogen-bond acceptors (Lipinski definition) is 4. The zero-order valence-electron chi connectivity index (χ0n) is 16.6. The maximum atomic E-state index is 11.5. The zero-order valence-corrected chi connectivity index (χ0v) is 17.4. The average molecular weight is 417 g/mol. The standard InChI is InChI=1S/C21H28N4O3S/c1-2-23-21(24-13-17-6-5-8-19(12-17)29(22,26)27)25-14-18-7-3-4-9-20(18)28-15-16-10-11-16/h3-9,12,16H,2,10-11,13-15H2,1H3,(H2,22,26,27)(H2,23,24,25). The van der Waals surface area contributed by atoms with Crippen LogP contribution in [0.5, 0.6) is 5.75 Å². The highest BCUT2D eigenvalue weighted by Gasteiger charge is 2.22. The zero-order chi connectivity index (χ0) is 20.7. The molecule has 1 fully saturated rings. The van der Waals surface area contributed by atoms with Crippen LogP contribution in [0.1, 0.15) is 30.9 Å². The monoisotopic (exact) mass is 416 g/mol. The molecule has 0 radical (unpaired) electrons. The van der Waals surface area contributed by atoms with Gasteiger partial charge in [0.05, 0.1) is 18.0 Å². The number of para-hydroxylation sites is 1. The molecule has 0 saturated heterocycles. The number of nitrogens with one attached hydrogen (secondary N) is 2. The molecule has 1 saturated carbocycles. The fraction of sp³-hybridized carbons (Fsp3) is 0.381. The third kappa shape index (κ3) is 6.76. The number of primary sulfonamides is 1. The second kappa shape index (κ2) is 9.76. The van der Waals surface area contributed by atoms with Crippen molar-refractivity contribution in [3.8, 4) is 5.75 Å². The first-order valence-corrected chi connectivity index (χ1v) is 11.3. The van der Waals surface area contributed by atoms with Crippen LogP contribution in [0.25, 0.3) is 0 Å². The van der Waals surface area contributed by atoms with E-state index in [1.54, 1.807) is 12.1 Å². The Balaban J connectivity index is 1.64. The second-order valence-corrected chi connectivity index (χ2v) is 8.66. The number of nitrogens with zero attached hydrogens (tertiary/aromatic N) is 1. The summed E-state index contributed by atoms with van der Waals surface area (Å²) < 4.78 is 29.0. The molecule has 0 atom stereocenters. The van der Waals surface area contributed by atoms with Gasteiger partial charge in [-0.3, -0.25) is 0 Å². The fourth-order valence-corrected chi connectivity index (χ4v) is 3.38. The molecule has 29 heavy (non-hydrogen) atoms. The highest BCUT2D eigenvalue weighted by Crippen LogP contribution is 2.30. The van der Waals surface area contributed by atoms with Crippen molar-refractivity contribution in [1.29, 1.82) is 0 Å². The van der Waals surface area contributed by atoms with Gasteiger partial charge < -0.3 is 15.4 Å². The highest BCUT2D eigenvalue weighted by molar-refractivity contribution is 7.89. The molecule has 7 nitrogen and oxygen atoms in total. The van der Waals surface area contributed by atoms with Crippen LogP contribution in [0, 0.1) is 5.92 Å². The van der Waals surface area contributed by atoms with Crippen LogP contribution in [-0.4, -0.2) is 27.5 Å². The van der Waals surface area contributed by atoms with Crippen molar-refractivity contribution >= 4 is 16.0 Å². The van der Waals surface area contributed by atoms with Gasteiger partial charge in [0.2, 0.25) is 10.0 Å². The molecule has 0 heterocycles. The van der Waals surface area contributed by atoms with Crippen LogP contribution in [0.4, 0.5) is 0 Å². The molecule has 4 N–H and O–H groups in total. The van der Waals surface area contributed by atoms with Crippen molar-refractivity contribution < 1.29 is 13.2 Å². The van der Waals surface area contributed by atoms with Gasteiger partial charge in [0.1, 0.15) is 5.75 Å². The Hall–Kier alpha value is -2.58. The van der Waals surface area contributed by atoms with Gasteiger partial charge in [-0.2, -0.15) is 0 Å². The Morgan fingerprint density at radius 1 is 1.17 bits per heavy atom. The lowest BCUT2D eigenvalue weighted by molar-refractivity contribution is 0.296. The van der Waals surface area contributed by atoms with Crippen molar-refractivity contribution in [2.45, 2.75) is 37.8 Å². The van der Waals surface area contributed by atoms with E-state index < -0.39 is 10.0 Å². The Bertz CT molecular complexity index is 956. The molecule has 156 valence electrons. The Labute approximate surface area is 172 Å². The molecular weight excluding hydrogens is 388 g/mol. The fourth-order valence-electron chi connectivity index (χ4n) is 2.79. The average Bonchev–Trinajstić information content (AvgIpc) is 3.53. The second-order valence-electron chi connectivity index (χ2n) is 7.10.